The van der Waals surface area contributed by atoms with Gasteiger partial charge in [-0.1, -0.05) is 42.8 Å². The van der Waals surface area contributed by atoms with Gasteiger partial charge in [-0.2, -0.15) is 0 Å². The number of hydrogen-bond donors (Lipinski definition) is 0. The zero-order valence-corrected chi connectivity index (χ0v) is 22.3. The maximum atomic E-state index is 13.6. The molecule has 7 heteroatoms. The molecule has 0 bridgehead atoms. The van der Waals surface area contributed by atoms with Crippen molar-refractivity contribution >= 4 is 39.5 Å². The quantitative estimate of drug-likeness (QED) is 0.211. The molecule has 0 N–H and O–H groups in total. The second-order valence-corrected chi connectivity index (χ2v) is 12.6. The lowest BCUT2D eigenvalue weighted by atomic mass is 9.76. The van der Waals surface area contributed by atoms with E-state index in [1.54, 1.807) is 24.3 Å². The molecule has 4 nitrogen and oxygen atoms in total. The third kappa shape index (κ3) is 5.49. The Kier molecular flexibility index (Phi) is 7.95. The minimum absolute atomic E-state index is 0.306. The van der Waals surface area contributed by atoms with Crippen molar-refractivity contribution in [2.45, 2.75) is 74.7 Å². The Labute approximate surface area is 207 Å². The summed E-state index contributed by atoms with van der Waals surface area (Å²) in [7, 11) is -4.38. The minimum Gasteiger partial charge on any atom is -0.400 e. The first-order chi connectivity index (χ1) is 15.0. The maximum Gasteiger partial charge on any atom is 0.491 e. The predicted octanol–water partition coefficient (Wildman–Crippen LogP) is 6.03. The predicted molar refractivity (Wildman–Crippen MR) is 139 cm³/mol. The van der Waals surface area contributed by atoms with Crippen molar-refractivity contribution < 1.29 is 17.7 Å². The van der Waals surface area contributed by atoms with Gasteiger partial charge in [-0.05, 0) is 98.8 Å². The Bertz CT molecular complexity index is 1030. The Balaban J connectivity index is 1.79. The fourth-order valence-corrected chi connectivity index (χ4v) is 6.32. The van der Waals surface area contributed by atoms with E-state index in [1.807, 2.05) is 45.9 Å². The molecule has 1 unspecified atom stereocenters. The van der Waals surface area contributed by atoms with Crippen LogP contribution in [0.1, 0.15) is 52.5 Å². The fraction of sp³-hybridized carbons (Fsp3) is 0.440. The molecule has 3 rings (SSSR count). The van der Waals surface area contributed by atoms with E-state index < -0.39 is 33.4 Å². The second kappa shape index (κ2) is 9.99. The molecule has 1 aliphatic rings. The lowest BCUT2D eigenvalue weighted by Gasteiger charge is -2.32. The average molecular weight is 566 g/mol. The van der Waals surface area contributed by atoms with Gasteiger partial charge in [0.05, 0.1) is 21.3 Å². The molecule has 2 aromatic rings. The molecule has 0 spiro atoms. The van der Waals surface area contributed by atoms with Gasteiger partial charge in [-0.25, -0.2) is 8.42 Å². The van der Waals surface area contributed by atoms with Crippen LogP contribution in [-0.4, -0.2) is 32.0 Å². The summed E-state index contributed by atoms with van der Waals surface area (Å²) in [6, 6.07) is 16.9. The number of sulfone groups is 1. The van der Waals surface area contributed by atoms with Gasteiger partial charge in [0.2, 0.25) is 0 Å². The normalized spacial score (nSPS) is 18.5. The smallest absolute Gasteiger partial charge is 0.400 e. The van der Waals surface area contributed by atoms with Crippen LogP contribution in [-0.2, 0) is 25.6 Å². The minimum atomic E-state index is -3.63. The zero-order chi connectivity index (χ0) is 23.6. The molecule has 0 aliphatic carbocycles. The van der Waals surface area contributed by atoms with Gasteiger partial charge >= 0.3 is 7.12 Å². The molecule has 1 atom stereocenters. The van der Waals surface area contributed by atoms with E-state index in [-0.39, 0.29) is 0 Å². The van der Waals surface area contributed by atoms with Crippen molar-refractivity contribution in [1.82, 2.24) is 0 Å². The summed E-state index contributed by atoms with van der Waals surface area (Å²) < 4.78 is 40.7. The average Bonchev–Trinajstić information content (AvgIpc) is 2.96. The highest BCUT2D eigenvalue weighted by molar-refractivity contribution is 14.1. The van der Waals surface area contributed by atoms with Gasteiger partial charge < -0.3 is 9.31 Å². The third-order valence-electron chi connectivity index (χ3n) is 6.54. The SMILES string of the molecule is C=C(B1OC(C)(C)C(C)(C)O1)C(CCCCc1ccccc1I)S(=O)(=O)c1ccccc1. The summed E-state index contributed by atoms with van der Waals surface area (Å²) in [6.45, 7) is 12.0. The molecular formula is C25H32BIO4S. The van der Waals surface area contributed by atoms with E-state index in [0.717, 1.165) is 19.3 Å². The van der Waals surface area contributed by atoms with Crippen molar-refractivity contribution in [3.05, 3.63) is 75.8 Å². The van der Waals surface area contributed by atoms with Crippen molar-refractivity contribution in [2.75, 3.05) is 0 Å². The molecule has 172 valence electrons. The highest BCUT2D eigenvalue weighted by Crippen LogP contribution is 2.40. The number of hydrogen-bond acceptors (Lipinski definition) is 4. The summed E-state index contributed by atoms with van der Waals surface area (Å²) in [5, 5.41) is -0.769. The molecule has 0 amide bonds. The van der Waals surface area contributed by atoms with Gasteiger partial charge in [-0.15, -0.1) is 6.58 Å². The van der Waals surface area contributed by atoms with Crippen LogP contribution in [0.5, 0.6) is 0 Å². The molecule has 2 aromatic carbocycles. The molecule has 0 aromatic heterocycles. The number of halogens is 1. The van der Waals surface area contributed by atoms with Gasteiger partial charge in [0.1, 0.15) is 0 Å². The molecule has 0 radical (unpaired) electrons. The van der Waals surface area contributed by atoms with Crippen LogP contribution in [0.25, 0.3) is 0 Å². The first kappa shape index (κ1) is 25.5. The Hall–Kier alpha value is -1.16. The lowest BCUT2D eigenvalue weighted by molar-refractivity contribution is 0.00578. The van der Waals surface area contributed by atoms with Crippen LogP contribution in [0.15, 0.2) is 71.5 Å². The zero-order valence-electron chi connectivity index (χ0n) is 19.3. The summed E-state index contributed by atoms with van der Waals surface area (Å²) in [4.78, 5) is 0.306. The molecular weight excluding hydrogens is 534 g/mol. The Morgan fingerprint density at radius 2 is 1.53 bits per heavy atom. The number of unbranched alkanes of at least 4 members (excludes halogenated alkanes) is 1. The van der Waals surface area contributed by atoms with Crippen molar-refractivity contribution in [1.29, 1.82) is 0 Å². The van der Waals surface area contributed by atoms with E-state index in [2.05, 4.69) is 41.3 Å². The monoisotopic (exact) mass is 566 g/mol. The number of rotatable bonds is 9. The third-order valence-corrected chi connectivity index (χ3v) is 9.81. The summed E-state index contributed by atoms with van der Waals surface area (Å²) in [5.41, 5.74) is 0.666. The van der Waals surface area contributed by atoms with Gasteiger partial charge in [0, 0.05) is 3.57 Å². The molecule has 1 saturated heterocycles. The van der Waals surface area contributed by atoms with E-state index in [4.69, 9.17) is 9.31 Å². The highest BCUT2D eigenvalue weighted by atomic mass is 127. The van der Waals surface area contributed by atoms with E-state index in [0.29, 0.717) is 16.8 Å². The molecule has 1 fully saturated rings. The van der Waals surface area contributed by atoms with Gasteiger partial charge in [-0.3, -0.25) is 0 Å². The number of aryl methyl sites for hydroxylation is 1. The van der Waals surface area contributed by atoms with Gasteiger partial charge in [0.15, 0.2) is 9.84 Å². The van der Waals surface area contributed by atoms with Crippen molar-refractivity contribution in [2.24, 2.45) is 0 Å². The highest BCUT2D eigenvalue weighted by Gasteiger charge is 2.54. The fourth-order valence-electron chi connectivity index (χ4n) is 3.81. The largest absolute Gasteiger partial charge is 0.491 e. The van der Waals surface area contributed by atoms with E-state index in [1.165, 1.54) is 9.13 Å². The Morgan fingerprint density at radius 1 is 0.969 bits per heavy atom. The van der Waals surface area contributed by atoms with Gasteiger partial charge in [0.25, 0.3) is 0 Å². The van der Waals surface area contributed by atoms with Crippen LogP contribution in [0.2, 0.25) is 0 Å². The molecule has 1 heterocycles. The van der Waals surface area contributed by atoms with Crippen LogP contribution in [0.4, 0.5) is 0 Å². The van der Waals surface area contributed by atoms with E-state index >= 15 is 0 Å². The van der Waals surface area contributed by atoms with Crippen LogP contribution in [0.3, 0.4) is 0 Å². The van der Waals surface area contributed by atoms with Crippen LogP contribution < -0.4 is 0 Å². The van der Waals surface area contributed by atoms with Crippen LogP contribution >= 0.6 is 22.6 Å². The number of benzene rings is 2. The summed E-state index contributed by atoms with van der Waals surface area (Å²) >= 11 is 2.35. The van der Waals surface area contributed by atoms with Crippen molar-refractivity contribution in [3.8, 4) is 0 Å². The second-order valence-electron chi connectivity index (χ2n) is 9.35. The first-order valence-corrected chi connectivity index (χ1v) is 13.6. The molecule has 32 heavy (non-hydrogen) atoms. The molecule has 0 saturated carbocycles. The summed E-state index contributed by atoms with van der Waals surface area (Å²) in [6.07, 6.45) is 3.06. The van der Waals surface area contributed by atoms with Crippen LogP contribution in [0, 0.1) is 3.57 Å². The topological polar surface area (TPSA) is 52.6 Å². The lowest BCUT2D eigenvalue weighted by Crippen LogP contribution is -2.41. The summed E-state index contributed by atoms with van der Waals surface area (Å²) in [5.74, 6) is 0. The standard InChI is InChI=1S/C25H32BIO4S/c1-19(26-30-24(2,3)25(4,5)31-26)23(32(28,29)21-15-7-6-8-16-21)18-12-10-14-20-13-9-11-17-22(20)27/h6-9,11,13,15-17,23H,1,10,12,14,18H2,2-5H3. The molecule has 1 aliphatic heterocycles. The van der Waals surface area contributed by atoms with Crippen molar-refractivity contribution in [3.63, 3.8) is 0 Å². The Morgan fingerprint density at radius 3 is 2.12 bits per heavy atom. The van der Waals surface area contributed by atoms with E-state index in [9.17, 15) is 8.42 Å². The first-order valence-electron chi connectivity index (χ1n) is 11.0. The maximum absolute atomic E-state index is 13.6.